The Morgan fingerprint density at radius 1 is 1.09 bits per heavy atom. The average molecular weight is 318 g/mol. The van der Waals surface area contributed by atoms with Gasteiger partial charge in [0.15, 0.2) is 5.75 Å². The van der Waals surface area contributed by atoms with Crippen molar-refractivity contribution in [2.45, 2.75) is 20.3 Å². The summed E-state index contributed by atoms with van der Waals surface area (Å²) in [6.45, 7) is 3.90. The zero-order valence-electron chi connectivity index (χ0n) is 13.8. The third kappa shape index (κ3) is 5.18. The molecule has 0 aliphatic heterocycles. The number of hydrogen-bond acceptors (Lipinski definition) is 5. The topological polar surface area (TPSA) is 87.6 Å². The fraction of sp³-hybridized carbons (Fsp3) is 0.294. The highest BCUT2D eigenvalue weighted by Crippen LogP contribution is 2.26. The Balaban J connectivity index is 0.000000231. The minimum atomic E-state index is -0.453. The standard InChI is InChI=1S/C9H13NO.C8H9NO3/c1-3-7-4-5-9(11-2)8(10)6-7;1-6-3-4-8(12-2)7(5-6)9(10)11/h4-6H,3,10H2,1-2H3;3-5H,1-2H3. The van der Waals surface area contributed by atoms with E-state index in [9.17, 15) is 10.1 Å². The first-order valence-corrected chi connectivity index (χ1v) is 7.14. The van der Waals surface area contributed by atoms with Crippen LogP contribution in [0.4, 0.5) is 11.4 Å². The number of nitrogens with two attached hydrogens (primary N) is 1. The number of methoxy groups -OCH3 is 2. The number of benzene rings is 2. The Kier molecular flexibility index (Phi) is 6.86. The fourth-order valence-electron chi connectivity index (χ4n) is 1.95. The first-order valence-electron chi connectivity index (χ1n) is 7.14. The maximum Gasteiger partial charge on any atom is 0.311 e. The van der Waals surface area contributed by atoms with Crippen molar-refractivity contribution in [1.29, 1.82) is 0 Å². The molecule has 0 bridgehead atoms. The minimum Gasteiger partial charge on any atom is -0.495 e. The van der Waals surface area contributed by atoms with Crippen LogP contribution in [0.3, 0.4) is 0 Å². The first kappa shape index (κ1) is 18.3. The lowest BCUT2D eigenvalue weighted by Gasteiger charge is -2.04. The molecule has 6 heteroatoms. The lowest BCUT2D eigenvalue weighted by atomic mass is 10.1. The predicted molar refractivity (Wildman–Crippen MR) is 91.2 cm³/mol. The molecule has 0 aromatic heterocycles. The minimum absolute atomic E-state index is 0.0116. The fourth-order valence-corrected chi connectivity index (χ4v) is 1.95. The van der Waals surface area contributed by atoms with Crippen molar-refractivity contribution in [1.82, 2.24) is 0 Å². The quantitative estimate of drug-likeness (QED) is 0.527. The summed E-state index contributed by atoms with van der Waals surface area (Å²) in [6.07, 6.45) is 1.01. The van der Waals surface area contributed by atoms with Gasteiger partial charge in [-0.15, -0.1) is 0 Å². The molecule has 0 unspecified atom stereocenters. The van der Waals surface area contributed by atoms with E-state index in [4.69, 9.17) is 15.2 Å². The Morgan fingerprint density at radius 2 is 1.70 bits per heavy atom. The van der Waals surface area contributed by atoms with E-state index in [1.807, 2.05) is 18.2 Å². The van der Waals surface area contributed by atoms with Crippen molar-refractivity contribution in [2.75, 3.05) is 20.0 Å². The third-order valence-electron chi connectivity index (χ3n) is 3.23. The van der Waals surface area contributed by atoms with Gasteiger partial charge in [-0.2, -0.15) is 0 Å². The number of anilines is 1. The molecule has 2 N–H and O–H groups in total. The summed E-state index contributed by atoms with van der Waals surface area (Å²) < 4.78 is 9.84. The van der Waals surface area contributed by atoms with Crippen LogP contribution in [-0.2, 0) is 6.42 Å². The molecule has 0 fully saturated rings. The van der Waals surface area contributed by atoms with Crippen molar-refractivity contribution in [2.24, 2.45) is 0 Å². The van der Waals surface area contributed by atoms with E-state index >= 15 is 0 Å². The lowest BCUT2D eigenvalue weighted by molar-refractivity contribution is -0.385. The number of nitro groups is 1. The lowest BCUT2D eigenvalue weighted by Crippen LogP contribution is -1.93. The normalized spacial score (nSPS) is 9.57. The summed E-state index contributed by atoms with van der Waals surface area (Å²) in [5, 5.41) is 10.5. The number of nitro benzene ring substituents is 1. The molecule has 2 rings (SSSR count). The summed E-state index contributed by atoms with van der Waals surface area (Å²) in [5.74, 6) is 1.05. The van der Waals surface area contributed by atoms with E-state index in [0.29, 0.717) is 11.4 Å². The number of ether oxygens (including phenoxy) is 2. The maximum absolute atomic E-state index is 10.5. The third-order valence-corrected chi connectivity index (χ3v) is 3.23. The van der Waals surface area contributed by atoms with E-state index in [1.165, 1.54) is 18.7 Å². The smallest absolute Gasteiger partial charge is 0.311 e. The second-order valence-corrected chi connectivity index (χ2v) is 4.86. The molecule has 0 heterocycles. The van der Waals surface area contributed by atoms with Gasteiger partial charge in [-0.25, -0.2) is 0 Å². The zero-order valence-corrected chi connectivity index (χ0v) is 13.8. The van der Waals surface area contributed by atoms with Gasteiger partial charge in [0.25, 0.3) is 0 Å². The van der Waals surface area contributed by atoms with E-state index in [-0.39, 0.29) is 5.69 Å². The molecular weight excluding hydrogens is 296 g/mol. The van der Waals surface area contributed by atoms with Gasteiger partial charge in [-0.1, -0.05) is 19.1 Å². The highest BCUT2D eigenvalue weighted by atomic mass is 16.6. The van der Waals surface area contributed by atoms with Crippen LogP contribution in [0.5, 0.6) is 11.5 Å². The monoisotopic (exact) mass is 318 g/mol. The van der Waals surface area contributed by atoms with E-state index in [0.717, 1.165) is 17.7 Å². The van der Waals surface area contributed by atoms with Crippen molar-refractivity contribution in [3.05, 3.63) is 57.6 Å². The zero-order chi connectivity index (χ0) is 17.4. The Morgan fingerprint density at radius 3 is 2.17 bits per heavy atom. The van der Waals surface area contributed by atoms with Gasteiger partial charge >= 0.3 is 5.69 Å². The molecule has 0 spiro atoms. The number of hydrogen-bond donors (Lipinski definition) is 1. The van der Waals surface area contributed by atoms with Crippen molar-refractivity contribution < 1.29 is 14.4 Å². The van der Waals surface area contributed by atoms with Gasteiger partial charge in [0.1, 0.15) is 5.75 Å². The Hall–Kier alpha value is -2.76. The second-order valence-electron chi connectivity index (χ2n) is 4.86. The number of aryl methyl sites for hydroxylation is 2. The molecule has 0 atom stereocenters. The van der Waals surface area contributed by atoms with Crippen molar-refractivity contribution in [3.63, 3.8) is 0 Å². The van der Waals surface area contributed by atoms with E-state index < -0.39 is 4.92 Å². The molecule has 0 aliphatic carbocycles. The molecule has 6 nitrogen and oxygen atoms in total. The first-order chi connectivity index (χ1) is 10.9. The largest absolute Gasteiger partial charge is 0.495 e. The molecule has 23 heavy (non-hydrogen) atoms. The summed E-state index contributed by atoms with van der Waals surface area (Å²) in [6, 6.07) is 10.7. The SMILES string of the molecule is CCc1ccc(OC)c(N)c1.COc1ccc(C)cc1[N+](=O)[O-]. The van der Waals surface area contributed by atoms with Gasteiger partial charge in [0.2, 0.25) is 0 Å². The van der Waals surface area contributed by atoms with Crippen LogP contribution >= 0.6 is 0 Å². The summed E-state index contributed by atoms with van der Waals surface area (Å²) in [7, 11) is 3.04. The average Bonchev–Trinajstić information content (AvgIpc) is 2.55. The molecule has 0 saturated heterocycles. The molecule has 0 amide bonds. The van der Waals surface area contributed by atoms with Crippen molar-refractivity contribution in [3.8, 4) is 11.5 Å². The number of nitrogen functional groups attached to an aromatic ring is 1. The Labute approximate surface area is 136 Å². The summed E-state index contributed by atoms with van der Waals surface area (Å²) >= 11 is 0. The van der Waals surface area contributed by atoms with E-state index in [2.05, 4.69) is 6.92 Å². The Bertz CT molecular complexity index is 672. The highest BCUT2D eigenvalue weighted by molar-refractivity contribution is 5.54. The molecular formula is C17H22N2O4. The maximum atomic E-state index is 10.5. The van der Waals surface area contributed by atoms with Crippen LogP contribution in [0.1, 0.15) is 18.1 Å². The molecule has 2 aromatic rings. The van der Waals surface area contributed by atoms with Crippen LogP contribution in [0.15, 0.2) is 36.4 Å². The van der Waals surface area contributed by atoms with Crippen LogP contribution in [0.25, 0.3) is 0 Å². The molecule has 0 saturated carbocycles. The van der Waals surface area contributed by atoms with Gasteiger partial charge in [-0.3, -0.25) is 10.1 Å². The summed E-state index contributed by atoms with van der Waals surface area (Å²) in [5.41, 5.74) is 8.50. The predicted octanol–water partition coefficient (Wildman–Crippen LogP) is 3.75. The van der Waals surface area contributed by atoms with Gasteiger partial charge < -0.3 is 15.2 Å². The number of nitrogens with zero attached hydrogens (tertiary/aromatic N) is 1. The summed E-state index contributed by atoms with van der Waals surface area (Å²) in [4.78, 5) is 10.0. The van der Waals surface area contributed by atoms with Crippen LogP contribution in [0, 0.1) is 17.0 Å². The van der Waals surface area contributed by atoms with E-state index in [1.54, 1.807) is 26.2 Å². The molecule has 0 aliphatic rings. The van der Waals surface area contributed by atoms with Crippen LogP contribution in [-0.4, -0.2) is 19.1 Å². The van der Waals surface area contributed by atoms with Crippen LogP contribution in [0.2, 0.25) is 0 Å². The molecule has 124 valence electrons. The van der Waals surface area contributed by atoms with Gasteiger partial charge in [0.05, 0.1) is 24.8 Å². The van der Waals surface area contributed by atoms with Crippen molar-refractivity contribution >= 4 is 11.4 Å². The number of rotatable bonds is 4. The molecule has 2 aromatic carbocycles. The molecule has 0 radical (unpaired) electrons. The van der Waals surface area contributed by atoms with Gasteiger partial charge in [0, 0.05) is 6.07 Å². The van der Waals surface area contributed by atoms with Crippen LogP contribution < -0.4 is 15.2 Å². The highest BCUT2D eigenvalue weighted by Gasteiger charge is 2.13. The second kappa shape index (κ2) is 8.63. The van der Waals surface area contributed by atoms with Gasteiger partial charge in [-0.05, 0) is 42.7 Å².